The molecule has 5 nitrogen and oxygen atoms in total. The molecule has 1 aliphatic heterocycles. The van der Waals surface area contributed by atoms with E-state index < -0.39 is 0 Å². The molecule has 0 aromatic carbocycles. The molecule has 1 N–H and O–H groups in total. The largest absolute Gasteiger partial charge is 0.374 e. The van der Waals surface area contributed by atoms with Gasteiger partial charge >= 0.3 is 0 Å². The topological polar surface area (TPSA) is 46.1 Å². The van der Waals surface area contributed by atoms with Crippen molar-refractivity contribution in [3.8, 4) is 0 Å². The average Bonchev–Trinajstić information content (AvgIpc) is 3.14. The molecule has 0 spiro atoms. The van der Waals surface area contributed by atoms with E-state index in [1.54, 1.807) is 0 Å². The van der Waals surface area contributed by atoms with Gasteiger partial charge in [-0.3, -0.25) is 4.57 Å². The van der Waals surface area contributed by atoms with Crippen LogP contribution in [0.5, 0.6) is 0 Å². The fraction of sp³-hybridized carbons (Fsp3) is 0.867. The van der Waals surface area contributed by atoms with Crippen molar-refractivity contribution in [3.05, 3.63) is 4.77 Å². The molecule has 21 heavy (non-hydrogen) atoms. The van der Waals surface area contributed by atoms with Gasteiger partial charge in [0.15, 0.2) is 4.77 Å². The quantitative estimate of drug-likeness (QED) is 0.852. The van der Waals surface area contributed by atoms with E-state index in [9.17, 15) is 0 Å². The summed E-state index contributed by atoms with van der Waals surface area (Å²) in [7, 11) is 0. The van der Waals surface area contributed by atoms with Crippen LogP contribution >= 0.6 is 12.2 Å². The molecule has 2 unspecified atom stereocenters. The number of hydrogen-bond acceptors (Lipinski definition) is 4. The molecule has 0 bridgehead atoms. The Hall–Kier alpha value is -0.880. The predicted octanol–water partition coefficient (Wildman–Crippen LogP) is 3.20. The van der Waals surface area contributed by atoms with Crippen LogP contribution in [-0.2, 0) is 4.74 Å². The number of hydrogen-bond donors (Lipinski definition) is 1. The first-order valence-electron chi connectivity index (χ1n) is 8.40. The Morgan fingerprint density at radius 1 is 1.10 bits per heavy atom. The maximum absolute atomic E-state index is 5.93. The summed E-state index contributed by atoms with van der Waals surface area (Å²) in [6, 6.07) is 1.02. The number of aromatic nitrogens is 3. The van der Waals surface area contributed by atoms with Crippen molar-refractivity contribution in [2.24, 2.45) is 0 Å². The van der Waals surface area contributed by atoms with Crippen LogP contribution in [0.2, 0.25) is 0 Å². The van der Waals surface area contributed by atoms with Crippen molar-refractivity contribution in [2.75, 3.05) is 18.1 Å². The molecular formula is C15H24N4OS. The number of ether oxygens (including phenoxy) is 1. The minimum atomic E-state index is 0.392. The van der Waals surface area contributed by atoms with Gasteiger partial charge in [0.05, 0.1) is 18.8 Å². The molecule has 2 saturated carbocycles. The molecule has 2 aliphatic carbocycles. The third-order valence-corrected chi connectivity index (χ3v) is 5.65. The Kier molecular flexibility index (Phi) is 3.75. The lowest BCUT2D eigenvalue weighted by atomic mass is 9.95. The molecular weight excluding hydrogens is 284 g/mol. The Balaban J connectivity index is 1.66. The van der Waals surface area contributed by atoms with Gasteiger partial charge < -0.3 is 9.64 Å². The van der Waals surface area contributed by atoms with Gasteiger partial charge in [0.25, 0.3) is 0 Å². The number of nitrogens with zero attached hydrogens (tertiary/aromatic N) is 3. The fourth-order valence-corrected chi connectivity index (χ4v) is 4.62. The van der Waals surface area contributed by atoms with Crippen molar-refractivity contribution >= 4 is 18.2 Å². The Morgan fingerprint density at radius 2 is 1.95 bits per heavy atom. The van der Waals surface area contributed by atoms with Crippen LogP contribution in [0.1, 0.15) is 57.4 Å². The lowest BCUT2D eigenvalue weighted by Gasteiger charge is -2.39. The molecule has 4 rings (SSSR count). The van der Waals surface area contributed by atoms with Crippen molar-refractivity contribution in [1.29, 1.82) is 0 Å². The molecule has 0 amide bonds. The fourth-order valence-electron chi connectivity index (χ4n) is 4.34. The summed E-state index contributed by atoms with van der Waals surface area (Å²) in [6.45, 7) is 1.75. The summed E-state index contributed by atoms with van der Waals surface area (Å²) in [6.07, 6.45) is 10.5. The van der Waals surface area contributed by atoms with Crippen LogP contribution in [0.4, 0.5) is 5.95 Å². The van der Waals surface area contributed by atoms with Gasteiger partial charge in [0.1, 0.15) is 0 Å². The summed E-state index contributed by atoms with van der Waals surface area (Å²) in [5.41, 5.74) is 0. The van der Waals surface area contributed by atoms with E-state index in [1.165, 1.54) is 51.4 Å². The first kappa shape index (κ1) is 13.8. The first-order chi connectivity index (χ1) is 10.3. The van der Waals surface area contributed by atoms with Crippen LogP contribution < -0.4 is 4.90 Å². The zero-order valence-corrected chi connectivity index (χ0v) is 13.3. The smallest absolute Gasteiger partial charge is 0.226 e. The Labute approximate surface area is 130 Å². The second-order valence-corrected chi connectivity index (χ2v) is 6.98. The minimum Gasteiger partial charge on any atom is -0.374 e. The third-order valence-electron chi connectivity index (χ3n) is 5.36. The maximum atomic E-state index is 5.93. The van der Waals surface area contributed by atoms with Crippen LogP contribution in [0.15, 0.2) is 0 Å². The molecule has 3 aliphatic rings. The van der Waals surface area contributed by atoms with Crippen LogP contribution in [0.25, 0.3) is 0 Å². The number of aromatic amines is 1. The highest BCUT2D eigenvalue weighted by Gasteiger charge is 2.38. The molecule has 1 aromatic heterocycles. The SMILES string of the molecule is S=c1[nH]nc(N2CCOC3CCCC32)n1C1CCCCC1. The van der Waals surface area contributed by atoms with Crippen LogP contribution in [0, 0.1) is 4.77 Å². The highest BCUT2D eigenvalue weighted by atomic mass is 32.1. The van der Waals surface area contributed by atoms with E-state index in [0.29, 0.717) is 18.2 Å². The van der Waals surface area contributed by atoms with Gasteiger partial charge in [-0.1, -0.05) is 19.3 Å². The summed E-state index contributed by atoms with van der Waals surface area (Å²) >= 11 is 5.53. The lowest BCUT2D eigenvalue weighted by Crippen LogP contribution is -2.49. The zero-order valence-electron chi connectivity index (χ0n) is 12.5. The third kappa shape index (κ3) is 2.42. The number of rotatable bonds is 2. The second kappa shape index (κ2) is 5.72. The van der Waals surface area contributed by atoms with E-state index >= 15 is 0 Å². The van der Waals surface area contributed by atoms with Gasteiger partial charge in [-0.25, -0.2) is 5.10 Å². The molecule has 6 heteroatoms. The van der Waals surface area contributed by atoms with Crippen molar-refractivity contribution in [1.82, 2.24) is 14.8 Å². The molecule has 116 valence electrons. The summed E-state index contributed by atoms with van der Waals surface area (Å²) in [4.78, 5) is 2.46. The number of anilines is 1. The molecule has 3 fully saturated rings. The van der Waals surface area contributed by atoms with Crippen molar-refractivity contribution in [3.63, 3.8) is 0 Å². The molecule has 2 atom stereocenters. The van der Waals surface area contributed by atoms with Gasteiger partial charge in [-0.15, -0.1) is 5.10 Å². The van der Waals surface area contributed by atoms with Crippen LogP contribution in [-0.4, -0.2) is 40.1 Å². The normalized spacial score (nSPS) is 30.6. The van der Waals surface area contributed by atoms with Gasteiger partial charge in [-0.05, 0) is 44.3 Å². The molecule has 0 radical (unpaired) electrons. The van der Waals surface area contributed by atoms with Gasteiger partial charge in [0, 0.05) is 12.6 Å². The van der Waals surface area contributed by atoms with E-state index in [1.807, 2.05) is 0 Å². The van der Waals surface area contributed by atoms with Gasteiger partial charge in [-0.2, -0.15) is 0 Å². The predicted molar refractivity (Wildman–Crippen MR) is 84.3 cm³/mol. The highest BCUT2D eigenvalue weighted by molar-refractivity contribution is 7.71. The number of morpholine rings is 1. The summed E-state index contributed by atoms with van der Waals surface area (Å²) in [5, 5.41) is 7.64. The second-order valence-electron chi connectivity index (χ2n) is 6.59. The first-order valence-corrected chi connectivity index (χ1v) is 8.80. The minimum absolute atomic E-state index is 0.392. The molecule has 2 heterocycles. The Morgan fingerprint density at radius 3 is 2.81 bits per heavy atom. The number of H-pyrrole nitrogens is 1. The van der Waals surface area contributed by atoms with E-state index in [4.69, 9.17) is 17.0 Å². The number of fused-ring (bicyclic) bond motifs is 1. The van der Waals surface area contributed by atoms with Gasteiger partial charge in [0.2, 0.25) is 5.95 Å². The summed E-state index contributed by atoms with van der Waals surface area (Å²) < 4.78 is 9.02. The van der Waals surface area contributed by atoms with Crippen LogP contribution in [0.3, 0.4) is 0 Å². The Bertz CT molecular complexity index is 548. The molecule has 1 aromatic rings. The monoisotopic (exact) mass is 308 g/mol. The lowest BCUT2D eigenvalue weighted by molar-refractivity contribution is 0.0245. The highest BCUT2D eigenvalue weighted by Crippen LogP contribution is 2.36. The van der Waals surface area contributed by atoms with E-state index in [-0.39, 0.29) is 0 Å². The zero-order chi connectivity index (χ0) is 14.2. The standard InChI is InChI=1S/C15H24N4OS/c21-15-17-16-14(19(15)11-5-2-1-3-6-11)18-9-10-20-13-8-4-7-12(13)18/h11-13H,1-10H2,(H,17,21). The average molecular weight is 308 g/mol. The van der Waals surface area contributed by atoms with Crippen molar-refractivity contribution in [2.45, 2.75) is 69.6 Å². The van der Waals surface area contributed by atoms with Crippen molar-refractivity contribution < 1.29 is 4.74 Å². The summed E-state index contributed by atoms with van der Waals surface area (Å²) in [5.74, 6) is 1.06. The molecule has 1 saturated heterocycles. The maximum Gasteiger partial charge on any atom is 0.226 e. The van der Waals surface area contributed by atoms with E-state index in [0.717, 1.165) is 23.9 Å². The van der Waals surface area contributed by atoms with E-state index in [2.05, 4.69) is 19.7 Å². The number of nitrogens with one attached hydrogen (secondary N) is 1.